The number of hydrogen-bond donors (Lipinski definition) is 1. The lowest BCUT2D eigenvalue weighted by Gasteiger charge is -2.10. The number of nitrogens with one attached hydrogen (secondary N) is 1. The van der Waals surface area contributed by atoms with Crippen LogP contribution in [-0.2, 0) is 17.8 Å². The van der Waals surface area contributed by atoms with Crippen LogP contribution in [0.15, 0.2) is 24.3 Å². The van der Waals surface area contributed by atoms with Crippen molar-refractivity contribution < 1.29 is 4.74 Å². The maximum Gasteiger partial charge on any atom is 0.123 e. The quantitative estimate of drug-likeness (QED) is 0.823. The predicted molar refractivity (Wildman–Crippen MR) is 80.7 cm³/mol. The van der Waals surface area contributed by atoms with Crippen molar-refractivity contribution in [3.8, 4) is 0 Å². The van der Waals surface area contributed by atoms with Crippen molar-refractivity contribution in [2.24, 2.45) is 0 Å². The molecule has 1 saturated heterocycles. The minimum absolute atomic E-state index is 0.465. The molecule has 1 N–H and O–H groups in total. The Balaban J connectivity index is 1.59. The molecular formula is C16H23N3O. The van der Waals surface area contributed by atoms with Crippen molar-refractivity contribution in [1.29, 1.82) is 0 Å². The third kappa shape index (κ3) is 2.86. The number of nitrogens with zero attached hydrogens (tertiary/aromatic N) is 2. The van der Waals surface area contributed by atoms with Gasteiger partial charge in [-0.1, -0.05) is 12.1 Å². The molecule has 1 atom stereocenters. The van der Waals surface area contributed by atoms with E-state index in [1.807, 2.05) is 6.07 Å². The van der Waals surface area contributed by atoms with E-state index in [1.165, 1.54) is 18.4 Å². The molecule has 108 valence electrons. The van der Waals surface area contributed by atoms with E-state index in [0.717, 1.165) is 44.0 Å². The summed E-state index contributed by atoms with van der Waals surface area (Å²) in [5.74, 6) is 1.13. The molecule has 1 aromatic heterocycles. The second-order valence-corrected chi connectivity index (χ2v) is 5.36. The van der Waals surface area contributed by atoms with Crippen LogP contribution < -0.4 is 5.32 Å². The number of para-hydroxylation sites is 2. The lowest BCUT2D eigenvalue weighted by atomic mass is 10.2. The summed E-state index contributed by atoms with van der Waals surface area (Å²) in [6, 6.07) is 8.34. The van der Waals surface area contributed by atoms with Crippen LogP contribution in [0.3, 0.4) is 0 Å². The Labute approximate surface area is 120 Å². The summed E-state index contributed by atoms with van der Waals surface area (Å²) in [5, 5.41) is 3.50. The molecule has 20 heavy (non-hydrogen) atoms. The summed E-state index contributed by atoms with van der Waals surface area (Å²) in [7, 11) is 0. The molecule has 1 aromatic carbocycles. The first kappa shape index (κ1) is 13.6. The van der Waals surface area contributed by atoms with Gasteiger partial charge in [-0.25, -0.2) is 4.98 Å². The summed E-state index contributed by atoms with van der Waals surface area (Å²) < 4.78 is 7.92. The second-order valence-electron chi connectivity index (χ2n) is 5.36. The zero-order valence-electron chi connectivity index (χ0n) is 12.1. The average Bonchev–Trinajstić information content (AvgIpc) is 3.10. The second kappa shape index (κ2) is 6.37. The lowest BCUT2D eigenvalue weighted by molar-refractivity contribution is 0.104. The standard InChI is InChI=1S/C16H23N3O/c1-2-19-15-8-4-3-7-14(15)18-16(19)12-17-10-9-13-6-5-11-20-13/h3-4,7-8,13,17H,2,5-6,9-12H2,1H3. The summed E-state index contributed by atoms with van der Waals surface area (Å²) in [5.41, 5.74) is 2.32. The summed E-state index contributed by atoms with van der Waals surface area (Å²) in [6.07, 6.45) is 4.00. The molecule has 0 bridgehead atoms. The molecule has 0 radical (unpaired) electrons. The van der Waals surface area contributed by atoms with Crippen molar-refractivity contribution in [2.45, 2.75) is 45.4 Å². The van der Waals surface area contributed by atoms with Gasteiger partial charge >= 0.3 is 0 Å². The van der Waals surface area contributed by atoms with Gasteiger partial charge in [0.05, 0.1) is 23.7 Å². The normalized spacial score (nSPS) is 18.9. The molecule has 0 saturated carbocycles. The van der Waals surface area contributed by atoms with Crippen LogP contribution >= 0.6 is 0 Å². The molecule has 2 aromatic rings. The maximum absolute atomic E-state index is 5.64. The number of imidazole rings is 1. The van der Waals surface area contributed by atoms with E-state index < -0.39 is 0 Å². The monoisotopic (exact) mass is 273 g/mol. The number of hydrogen-bond acceptors (Lipinski definition) is 3. The van der Waals surface area contributed by atoms with Gasteiger partial charge in [-0.2, -0.15) is 0 Å². The number of benzene rings is 1. The average molecular weight is 273 g/mol. The van der Waals surface area contributed by atoms with Gasteiger partial charge in [-0.15, -0.1) is 0 Å². The van der Waals surface area contributed by atoms with Gasteiger partial charge in [0.25, 0.3) is 0 Å². The lowest BCUT2D eigenvalue weighted by Crippen LogP contribution is -2.21. The highest BCUT2D eigenvalue weighted by atomic mass is 16.5. The minimum atomic E-state index is 0.465. The Bertz CT molecular complexity index is 558. The van der Waals surface area contributed by atoms with Gasteiger partial charge in [-0.05, 0) is 44.9 Å². The van der Waals surface area contributed by atoms with E-state index in [9.17, 15) is 0 Å². The van der Waals surface area contributed by atoms with Gasteiger partial charge < -0.3 is 14.6 Å². The molecule has 4 heteroatoms. The van der Waals surface area contributed by atoms with E-state index >= 15 is 0 Å². The molecule has 1 unspecified atom stereocenters. The fourth-order valence-electron chi connectivity index (χ4n) is 2.95. The largest absolute Gasteiger partial charge is 0.378 e. The van der Waals surface area contributed by atoms with Crippen molar-refractivity contribution in [3.63, 3.8) is 0 Å². The van der Waals surface area contributed by atoms with Gasteiger partial charge in [0.1, 0.15) is 5.82 Å². The molecule has 1 aliphatic heterocycles. The SMILES string of the molecule is CCn1c(CNCCC2CCCO2)nc2ccccc21. The van der Waals surface area contributed by atoms with Crippen LogP contribution in [0.5, 0.6) is 0 Å². The van der Waals surface area contributed by atoms with E-state index in [2.05, 4.69) is 35.0 Å². The highest BCUT2D eigenvalue weighted by molar-refractivity contribution is 5.75. The zero-order chi connectivity index (χ0) is 13.8. The van der Waals surface area contributed by atoms with E-state index in [-0.39, 0.29) is 0 Å². The van der Waals surface area contributed by atoms with Gasteiger partial charge in [0.2, 0.25) is 0 Å². The minimum Gasteiger partial charge on any atom is -0.378 e. The number of fused-ring (bicyclic) bond motifs is 1. The summed E-state index contributed by atoms with van der Waals surface area (Å²) in [4.78, 5) is 4.72. The van der Waals surface area contributed by atoms with Crippen molar-refractivity contribution in [2.75, 3.05) is 13.2 Å². The zero-order valence-corrected chi connectivity index (χ0v) is 12.1. The summed E-state index contributed by atoms with van der Waals surface area (Å²) >= 11 is 0. The van der Waals surface area contributed by atoms with Crippen molar-refractivity contribution in [3.05, 3.63) is 30.1 Å². The molecular weight excluding hydrogens is 250 g/mol. The third-order valence-electron chi connectivity index (χ3n) is 4.00. The number of aryl methyl sites for hydroxylation is 1. The molecule has 1 aliphatic rings. The molecule has 0 aliphatic carbocycles. The molecule has 4 nitrogen and oxygen atoms in total. The van der Waals surface area contributed by atoms with E-state index in [1.54, 1.807) is 0 Å². The van der Waals surface area contributed by atoms with Crippen molar-refractivity contribution >= 4 is 11.0 Å². The van der Waals surface area contributed by atoms with Gasteiger partial charge in [0.15, 0.2) is 0 Å². The Hall–Kier alpha value is -1.39. The molecule has 2 heterocycles. The van der Waals surface area contributed by atoms with Crippen LogP contribution in [0, 0.1) is 0 Å². The summed E-state index contributed by atoms with van der Waals surface area (Å²) in [6.45, 7) is 5.90. The Morgan fingerprint density at radius 1 is 1.40 bits per heavy atom. The molecule has 3 rings (SSSR count). The van der Waals surface area contributed by atoms with E-state index in [4.69, 9.17) is 9.72 Å². The topological polar surface area (TPSA) is 39.1 Å². The first-order chi connectivity index (χ1) is 9.88. The fourth-order valence-corrected chi connectivity index (χ4v) is 2.95. The smallest absolute Gasteiger partial charge is 0.123 e. The third-order valence-corrected chi connectivity index (χ3v) is 4.00. The number of rotatable bonds is 6. The highest BCUT2D eigenvalue weighted by Gasteiger charge is 2.14. The predicted octanol–water partition coefficient (Wildman–Crippen LogP) is 2.71. The van der Waals surface area contributed by atoms with Crippen LogP contribution in [0.4, 0.5) is 0 Å². The number of ether oxygens (including phenoxy) is 1. The van der Waals surface area contributed by atoms with Crippen molar-refractivity contribution in [1.82, 2.24) is 14.9 Å². The molecule has 0 spiro atoms. The van der Waals surface area contributed by atoms with Crippen LogP contribution in [0.2, 0.25) is 0 Å². The number of aromatic nitrogens is 2. The van der Waals surface area contributed by atoms with Crippen LogP contribution in [0.25, 0.3) is 11.0 Å². The van der Waals surface area contributed by atoms with Crippen LogP contribution in [0.1, 0.15) is 32.0 Å². The van der Waals surface area contributed by atoms with Gasteiger partial charge in [0, 0.05) is 13.2 Å². The first-order valence-electron chi connectivity index (χ1n) is 7.65. The highest BCUT2D eigenvalue weighted by Crippen LogP contribution is 2.16. The maximum atomic E-state index is 5.64. The Morgan fingerprint density at radius 2 is 2.30 bits per heavy atom. The Kier molecular flexibility index (Phi) is 4.33. The molecule has 0 amide bonds. The van der Waals surface area contributed by atoms with Crippen LogP contribution in [-0.4, -0.2) is 28.8 Å². The van der Waals surface area contributed by atoms with Gasteiger partial charge in [-0.3, -0.25) is 0 Å². The van der Waals surface area contributed by atoms with E-state index in [0.29, 0.717) is 6.10 Å². The first-order valence-corrected chi connectivity index (χ1v) is 7.65. The Morgan fingerprint density at radius 3 is 3.10 bits per heavy atom. The fraction of sp³-hybridized carbons (Fsp3) is 0.562. The molecule has 1 fully saturated rings.